The van der Waals surface area contributed by atoms with Gasteiger partial charge in [0.2, 0.25) is 0 Å². The van der Waals surface area contributed by atoms with Gasteiger partial charge in [-0.2, -0.15) is 0 Å². The van der Waals surface area contributed by atoms with Crippen molar-refractivity contribution in [1.29, 1.82) is 0 Å². The predicted octanol–water partition coefficient (Wildman–Crippen LogP) is 5.95. The second-order valence-electron chi connectivity index (χ2n) is 9.02. The average Bonchev–Trinajstić information content (AvgIpc) is 2.64. The van der Waals surface area contributed by atoms with E-state index in [9.17, 15) is 10.2 Å². The minimum atomic E-state index is -0.167. The predicted molar refractivity (Wildman–Crippen MR) is 111 cm³/mol. The summed E-state index contributed by atoms with van der Waals surface area (Å²) in [5.41, 5.74) is 3.03. The molecule has 3 atom stereocenters. The highest BCUT2D eigenvalue weighted by Crippen LogP contribution is 2.41. The maximum absolute atomic E-state index is 10.2. The van der Waals surface area contributed by atoms with Crippen LogP contribution in [0.4, 0.5) is 0 Å². The van der Waals surface area contributed by atoms with Crippen LogP contribution in [0.25, 0.3) is 0 Å². The van der Waals surface area contributed by atoms with Crippen molar-refractivity contribution in [3.05, 3.63) is 35.4 Å². The molecule has 1 fully saturated rings. The Labute approximate surface area is 161 Å². The molecule has 2 N–H and O–H groups in total. The van der Waals surface area contributed by atoms with Crippen LogP contribution >= 0.6 is 0 Å². The lowest BCUT2D eigenvalue weighted by molar-refractivity contribution is 0.0885. The molecule has 3 unspecified atom stereocenters. The molecule has 2 nitrogen and oxygen atoms in total. The molecule has 0 aromatic heterocycles. The van der Waals surface area contributed by atoms with Gasteiger partial charge in [-0.15, -0.1) is 0 Å². The standard InChI is InChI=1S/C24H40O2/c1-4-5-6-7-16-24(2,3)21-13-10-20(11-14-21)23-18-22(26)15-12-19(23)9-8-17-25/h10-11,13-14,19,22-23,25-26H,4-9,12,15-18H2,1-3H3. The van der Waals surface area contributed by atoms with Gasteiger partial charge in [0, 0.05) is 6.61 Å². The van der Waals surface area contributed by atoms with Gasteiger partial charge < -0.3 is 10.2 Å². The van der Waals surface area contributed by atoms with E-state index < -0.39 is 0 Å². The molecule has 1 aromatic rings. The summed E-state index contributed by atoms with van der Waals surface area (Å²) in [6.07, 6.45) is 11.2. The lowest BCUT2D eigenvalue weighted by Crippen LogP contribution is -2.27. The normalized spacial score (nSPS) is 24.0. The molecule has 0 bridgehead atoms. The maximum atomic E-state index is 10.2. The molecule has 2 rings (SSSR count). The molecule has 0 saturated heterocycles. The topological polar surface area (TPSA) is 40.5 Å². The highest BCUT2D eigenvalue weighted by molar-refractivity contribution is 5.30. The first kappa shape index (κ1) is 21.4. The smallest absolute Gasteiger partial charge is 0.0546 e. The van der Waals surface area contributed by atoms with Crippen LogP contribution in [0, 0.1) is 5.92 Å². The van der Waals surface area contributed by atoms with Crippen LogP contribution in [-0.4, -0.2) is 22.9 Å². The Balaban J connectivity index is 2.03. The Morgan fingerprint density at radius 2 is 1.73 bits per heavy atom. The average molecular weight is 361 g/mol. The number of benzene rings is 1. The molecule has 1 aliphatic carbocycles. The van der Waals surface area contributed by atoms with Gasteiger partial charge in [-0.3, -0.25) is 0 Å². The number of rotatable bonds is 10. The first-order chi connectivity index (χ1) is 12.5. The van der Waals surface area contributed by atoms with Crippen LogP contribution in [0.3, 0.4) is 0 Å². The van der Waals surface area contributed by atoms with Crippen LogP contribution < -0.4 is 0 Å². The van der Waals surface area contributed by atoms with E-state index in [0.29, 0.717) is 11.8 Å². The largest absolute Gasteiger partial charge is 0.396 e. The summed E-state index contributed by atoms with van der Waals surface area (Å²) in [7, 11) is 0. The highest BCUT2D eigenvalue weighted by atomic mass is 16.3. The SMILES string of the molecule is CCCCCCC(C)(C)c1ccc(C2CC(O)CCC2CCCO)cc1. The Morgan fingerprint density at radius 1 is 1.00 bits per heavy atom. The summed E-state index contributed by atoms with van der Waals surface area (Å²) in [4.78, 5) is 0. The van der Waals surface area contributed by atoms with Crippen molar-refractivity contribution in [3.8, 4) is 0 Å². The molecule has 0 amide bonds. The van der Waals surface area contributed by atoms with Crippen molar-refractivity contribution in [2.75, 3.05) is 6.61 Å². The first-order valence-electron chi connectivity index (χ1n) is 10.9. The van der Waals surface area contributed by atoms with Crippen LogP contribution in [-0.2, 0) is 5.41 Å². The Hall–Kier alpha value is -0.860. The van der Waals surface area contributed by atoms with Crippen molar-refractivity contribution >= 4 is 0 Å². The number of hydrogen-bond acceptors (Lipinski definition) is 2. The molecular weight excluding hydrogens is 320 g/mol. The van der Waals surface area contributed by atoms with Crippen LogP contribution in [0.15, 0.2) is 24.3 Å². The van der Waals surface area contributed by atoms with Gasteiger partial charge in [0.05, 0.1) is 6.10 Å². The van der Waals surface area contributed by atoms with Gasteiger partial charge in [-0.25, -0.2) is 0 Å². The van der Waals surface area contributed by atoms with E-state index in [2.05, 4.69) is 45.0 Å². The fourth-order valence-corrected chi connectivity index (χ4v) is 4.64. The molecule has 148 valence electrons. The Bertz CT molecular complexity index is 503. The second-order valence-corrected chi connectivity index (χ2v) is 9.02. The minimum Gasteiger partial charge on any atom is -0.396 e. The fourth-order valence-electron chi connectivity index (χ4n) is 4.64. The van der Waals surface area contributed by atoms with Gasteiger partial charge in [-0.05, 0) is 66.9 Å². The monoisotopic (exact) mass is 360 g/mol. The first-order valence-corrected chi connectivity index (χ1v) is 10.9. The van der Waals surface area contributed by atoms with E-state index in [0.717, 1.165) is 32.1 Å². The Morgan fingerprint density at radius 3 is 2.38 bits per heavy atom. The quantitative estimate of drug-likeness (QED) is 0.506. The highest BCUT2D eigenvalue weighted by Gasteiger charge is 2.30. The van der Waals surface area contributed by atoms with E-state index in [4.69, 9.17) is 0 Å². The molecule has 1 aliphatic rings. The molecule has 0 radical (unpaired) electrons. The van der Waals surface area contributed by atoms with E-state index >= 15 is 0 Å². The van der Waals surface area contributed by atoms with Crippen molar-refractivity contribution in [1.82, 2.24) is 0 Å². The zero-order chi connectivity index (χ0) is 19.0. The minimum absolute atomic E-state index is 0.167. The molecular formula is C24H40O2. The second kappa shape index (κ2) is 10.5. The molecule has 26 heavy (non-hydrogen) atoms. The lowest BCUT2D eigenvalue weighted by atomic mass is 9.72. The van der Waals surface area contributed by atoms with E-state index in [1.807, 2.05) is 0 Å². The third kappa shape index (κ3) is 6.09. The summed E-state index contributed by atoms with van der Waals surface area (Å²) < 4.78 is 0. The summed E-state index contributed by atoms with van der Waals surface area (Å²) in [5, 5.41) is 19.3. The zero-order valence-corrected chi connectivity index (χ0v) is 17.2. The van der Waals surface area contributed by atoms with Crippen LogP contribution in [0.2, 0.25) is 0 Å². The molecule has 0 aliphatic heterocycles. The van der Waals surface area contributed by atoms with Gasteiger partial charge in [0.1, 0.15) is 0 Å². The number of aliphatic hydroxyl groups excluding tert-OH is 2. The van der Waals surface area contributed by atoms with Gasteiger partial charge >= 0.3 is 0 Å². The van der Waals surface area contributed by atoms with Crippen LogP contribution in [0.5, 0.6) is 0 Å². The fraction of sp³-hybridized carbons (Fsp3) is 0.750. The Kier molecular flexibility index (Phi) is 8.63. The lowest BCUT2D eigenvalue weighted by Gasteiger charge is -2.35. The van der Waals surface area contributed by atoms with Crippen molar-refractivity contribution in [3.63, 3.8) is 0 Å². The zero-order valence-electron chi connectivity index (χ0n) is 17.2. The number of aliphatic hydroxyl groups is 2. The molecule has 1 saturated carbocycles. The molecule has 1 aromatic carbocycles. The van der Waals surface area contributed by atoms with Crippen LogP contribution in [0.1, 0.15) is 102 Å². The van der Waals surface area contributed by atoms with E-state index in [-0.39, 0.29) is 18.1 Å². The molecule has 2 heteroatoms. The van der Waals surface area contributed by atoms with E-state index in [1.165, 1.54) is 43.2 Å². The summed E-state index contributed by atoms with van der Waals surface area (Å²) in [6, 6.07) is 9.24. The summed E-state index contributed by atoms with van der Waals surface area (Å²) in [6.45, 7) is 7.27. The van der Waals surface area contributed by atoms with Crippen molar-refractivity contribution in [2.45, 2.75) is 102 Å². The summed E-state index contributed by atoms with van der Waals surface area (Å²) in [5.74, 6) is 1.03. The van der Waals surface area contributed by atoms with Gasteiger partial charge in [-0.1, -0.05) is 70.7 Å². The third-order valence-electron chi connectivity index (χ3n) is 6.47. The van der Waals surface area contributed by atoms with Crippen molar-refractivity contribution in [2.24, 2.45) is 5.92 Å². The third-order valence-corrected chi connectivity index (χ3v) is 6.47. The van der Waals surface area contributed by atoms with E-state index in [1.54, 1.807) is 0 Å². The molecule has 0 spiro atoms. The molecule has 0 heterocycles. The van der Waals surface area contributed by atoms with Crippen molar-refractivity contribution < 1.29 is 10.2 Å². The maximum Gasteiger partial charge on any atom is 0.0546 e. The van der Waals surface area contributed by atoms with Gasteiger partial charge in [0.15, 0.2) is 0 Å². The number of hydrogen-bond donors (Lipinski definition) is 2. The summed E-state index contributed by atoms with van der Waals surface area (Å²) >= 11 is 0. The number of unbranched alkanes of at least 4 members (excludes halogenated alkanes) is 3. The van der Waals surface area contributed by atoms with Gasteiger partial charge in [0.25, 0.3) is 0 Å².